The second-order valence-electron chi connectivity index (χ2n) is 6.59. The Morgan fingerprint density at radius 2 is 1.86 bits per heavy atom. The number of amides is 1. The highest BCUT2D eigenvalue weighted by molar-refractivity contribution is 5.79. The van der Waals surface area contributed by atoms with Crippen LogP contribution in [0.15, 0.2) is 80.6 Å². The van der Waals surface area contributed by atoms with Gasteiger partial charge in [0, 0.05) is 6.54 Å². The molecule has 0 unspecified atom stereocenters. The fraction of sp³-hybridized carbons (Fsp3) is 0.182. The lowest BCUT2D eigenvalue weighted by atomic mass is 10.1. The molecular weight excluding hydrogens is 372 g/mol. The molecule has 0 spiro atoms. The number of nitrogens with one attached hydrogen (secondary N) is 1. The molecule has 4 rings (SSSR count). The van der Waals surface area contributed by atoms with E-state index in [1.165, 1.54) is 4.57 Å². The fourth-order valence-corrected chi connectivity index (χ4v) is 3.06. The molecule has 0 bridgehead atoms. The monoisotopic (exact) mass is 392 g/mol. The van der Waals surface area contributed by atoms with Crippen molar-refractivity contribution in [2.75, 3.05) is 0 Å². The number of oxazole rings is 1. The number of aromatic nitrogens is 1. The zero-order valence-corrected chi connectivity index (χ0v) is 15.7. The van der Waals surface area contributed by atoms with Gasteiger partial charge in [0.25, 0.3) is 0 Å². The Labute approximate surface area is 166 Å². The molecule has 148 valence electrons. The molecule has 1 N–H and O–H groups in total. The number of benzene rings is 2. The van der Waals surface area contributed by atoms with E-state index < -0.39 is 5.76 Å². The Hall–Kier alpha value is -3.58. The average molecular weight is 392 g/mol. The van der Waals surface area contributed by atoms with Gasteiger partial charge in [0.1, 0.15) is 18.9 Å². The highest BCUT2D eigenvalue weighted by Gasteiger charge is 2.12. The molecular formula is C22H20N2O5. The van der Waals surface area contributed by atoms with Gasteiger partial charge in [0.05, 0.1) is 18.4 Å². The molecule has 29 heavy (non-hydrogen) atoms. The molecule has 0 fully saturated rings. The van der Waals surface area contributed by atoms with Gasteiger partial charge in [-0.1, -0.05) is 36.4 Å². The fourth-order valence-electron chi connectivity index (χ4n) is 3.06. The molecule has 1 amide bonds. The minimum atomic E-state index is -0.544. The second kappa shape index (κ2) is 8.62. The van der Waals surface area contributed by atoms with Crippen molar-refractivity contribution in [1.82, 2.24) is 9.88 Å². The number of hydrogen-bond donors (Lipinski definition) is 1. The Morgan fingerprint density at radius 3 is 2.72 bits per heavy atom. The van der Waals surface area contributed by atoms with E-state index in [9.17, 15) is 9.59 Å². The lowest BCUT2D eigenvalue weighted by Crippen LogP contribution is -2.30. The van der Waals surface area contributed by atoms with Crippen LogP contribution in [-0.2, 0) is 35.8 Å². The first-order valence-electron chi connectivity index (χ1n) is 9.22. The van der Waals surface area contributed by atoms with E-state index in [1.54, 1.807) is 30.5 Å². The zero-order chi connectivity index (χ0) is 20.1. The summed E-state index contributed by atoms with van der Waals surface area (Å²) in [6.45, 7) is 1.11. The molecule has 0 atom stereocenters. The van der Waals surface area contributed by atoms with E-state index in [0.717, 1.165) is 16.9 Å². The van der Waals surface area contributed by atoms with Gasteiger partial charge in [-0.25, -0.2) is 4.79 Å². The molecule has 2 aromatic heterocycles. The quantitative estimate of drug-likeness (QED) is 0.498. The third-order valence-corrected chi connectivity index (χ3v) is 4.45. The molecule has 0 aliphatic rings. The van der Waals surface area contributed by atoms with E-state index in [0.29, 0.717) is 30.9 Å². The van der Waals surface area contributed by atoms with Crippen LogP contribution in [0.25, 0.3) is 11.1 Å². The molecule has 2 heterocycles. The van der Waals surface area contributed by atoms with E-state index in [1.807, 2.05) is 36.4 Å². The summed E-state index contributed by atoms with van der Waals surface area (Å²) in [6, 6.07) is 18.5. The number of carbonyl (C=O) groups excluding carboxylic acids is 1. The minimum absolute atomic E-state index is 0.0954. The summed E-state index contributed by atoms with van der Waals surface area (Å²) in [5, 5.41) is 2.84. The Balaban J connectivity index is 1.32. The minimum Gasteiger partial charge on any atom is -0.467 e. The van der Waals surface area contributed by atoms with Gasteiger partial charge in [0.2, 0.25) is 5.91 Å². The maximum atomic E-state index is 12.3. The number of rotatable bonds is 8. The SMILES string of the molecule is O=C(Cn1c(=O)oc2ccccc21)NCc1cccc(COCc2ccco2)c1. The first-order chi connectivity index (χ1) is 14.2. The predicted molar refractivity (Wildman–Crippen MR) is 106 cm³/mol. The molecule has 0 saturated heterocycles. The van der Waals surface area contributed by atoms with Crippen molar-refractivity contribution in [3.63, 3.8) is 0 Å². The molecule has 0 aliphatic heterocycles. The van der Waals surface area contributed by atoms with E-state index in [-0.39, 0.29) is 12.5 Å². The first-order valence-corrected chi connectivity index (χ1v) is 9.22. The van der Waals surface area contributed by atoms with Crippen LogP contribution in [0.1, 0.15) is 16.9 Å². The maximum Gasteiger partial charge on any atom is 0.420 e. The Kier molecular flexibility index (Phi) is 5.58. The van der Waals surface area contributed by atoms with Crippen molar-refractivity contribution in [3.05, 3.63) is 94.4 Å². The highest BCUT2D eigenvalue weighted by atomic mass is 16.5. The number of hydrogen-bond acceptors (Lipinski definition) is 5. The van der Waals surface area contributed by atoms with Crippen LogP contribution in [0.2, 0.25) is 0 Å². The van der Waals surface area contributed by atoms with E-state index >= 15 is 0 Å². The number of carbonyl (C=O) groups is 1. The number of nitrogens with zero attached hydrogens (tertiary/aromatic N) is 1. The van der Waals surface area contributed by atoms with Crippen LogP contribution in [0.3, 0.4) is 0 Å². The summed E-state index contributed by atoms with van der Waals surface area (Å²) in [6.07, 6.45) is 1.61. The summed E-state index contributed by atoms with van der Waals surface area (Å²) in [5.41, 5.74) is 3.01. The van der Waals surface area contributed by atoms with Crippen LogP contribution < -0.4 is 11.1 Å². The normalized spacial score (nSPS) is 11.0. The largest absolute Gasteiger partial charge is 0.467 e. The molecule has 2 aromatic carbocycles. The van der Waals surface area contributed by atoms with Gasteiger partial charge in [0.15, 0.2) is 5.58 Å². The third kappa shape index (κ3) is 4.64. The molecule has 0 saturated carbocycles. The second-order valence-corrected chi connectivity index (χ2v) is 6.59. The molecule has 0 radical (unpaired) electrons. The first kappa shape index (κ1) is 18.8. The van der Waals surface area contributed by atoms with Crippen molar-refractivity contribution >= 4 is 17.0 Å². The molecule has 7 heteroatoms. The summed E-state index contributed by atoms with van der Waals surface area (Å²) in [5.74, 6) is -0.0365. The van der Waals surface area contributed by atoms with E-state index in [4.69, 9.17) is 13.6 Å². The highest BCUT2D eigenvalue weighted by Crippen LogP contribution is 2.12. The number of para-hydroxylation sites is 2. The molecule has 4 aromatic rings. The topological polar surface area (TPSA) is 86.6 Å². The third-order valence-electron chi connectivity index (χ3n) is 4.45. The molecule has 7 nitrogen and oxygen atoms in total. The van der Waals surface area contributed by atoms with Gasteiger partial charge < -0.3 is 18.9 Å². The van der Waals surface area contributed by atoms with Crippen molar-refractivity contribution in [2.24, 2.45) is 0 Å². The van der Waals surface area contributed by atoms with Gasteiger partial charge in [-0.05, 0) is 35.4 Å². The number of furan rings is 1. The summed E-state index contributed by atoms with van der Waals surface area (Å²) < 4.78 is 17.3. The summed E-state index contributed by atoms with van der Waals surface area (Å²) in [4.78, 5) is 24.3. The Bertz CT molecular complexity index is 1160. The van der Waals surface area contributed by atoms with Gasteiger partial charge in [-0.3, -0.25) is 9.36 Å². The summed E-state index contributed by atoms with van der Waals surface area (Å²) in [7, 11) is 0. The predicted octanol–water partition coefficient (Wildman–Crippen LogP) is 3.22. The lowest BCUT2D eigenvalue weighted by Gasteiger charge is -2.08. The van der Waals surface area contributed by atoms with Crippen LogP contribution in [0.4, 0.5) is 0 Å². The number of fused-ring (bicyclic) bond motifs is 1. The van der Waals surface area contributed by atoms with Crippen LogP contribution in [-0.4, -0.2) is 10.5 Å². The van der Waals surface area contributed by atoms with Crippen LogP contribution >= 0.6 is 0 Å². The standard InChI is InChI=1S/C22H20N2O5/c25-21(13-24-19-8-1-2-9-20(19)29-22(24)26)23-12-16-5-3-6-17(11-16)14-27-15-18-7-4-10-28-18/h1-11H,12-15H2,(H,23,25). The van der Waals surface area contributed by atoms with Gasteiger partial charge in [-0.2, -0.15) is 0 Å². The zero-order valence-electron chi connectivity index (χ0n) is 15.7. The van der Waals surface area contributed by atoms with Crippen LogP contribution in [0.5, 0.6) is 0 Å². The van der Waals surface area contributed by atoms with Crippen molar-refractivity contribution in [1.29, 1.82) is 0 Å². The van der Waals surface area contributed by atoms with Crippen LogP contribution in [0, 0.1) is 0 Å². The summed E-state index contributed by atoms with van der Waals surface area (Å²) >= 11 is 0. The molecule has 0 aliphatic carbocycles. The van der Waals surface area contributed by atoms with Gasteiger partial charge in [-0.15, -0.1) is 0 Å². The van der Waals surface area contributed by atoms with Crippen molar-refractivity contribution in [3.8, 4) is 0 Å². The number of ether oxygens (including phenoxy) is 1. The van der Waals surface area contributed by atoms with Crippen molar-refractivity contribution < 1.29 is 18.4 Å². The van der Waals surface area contributed by atoms with Gasteiger partial charge >= 0.3 is 5.76 Å². The maximum absolute atomic E-state index is 12.3. The lowest BCUT2D eigenvalue weighted by molar-refractivity contribution is -0.121. The van der Waals surface area contributed by atoms with Crippen molar-refractivity contribution in [2.45, 2.75) is 26.3 Å². The van der Waals surface area contributed by atoms with E-state index in [2.05, 4.69) is 5.32 Å². The smallest absolute Gasteiger partial charge is 0.420 e. The Morgan fingerprint density at radius 1 is 1.00 bits per heavy atom. The average Bonchev–Trinajstić information content (AvgIpc) is 3.35.